The lowest BCUT2D eigenvalue weighted by Crippen LogP contribution is -2.20. The average Bonchev–Trinajstić information content (AvgIpc) is 3.32. The molecule has 1 aromatic carbocycles. The maximum atomic E-state index is 11.8. The highest BCUT2D eigenvalue weighted by molar-refractivity contribution is 5.37. The van der Waals surface area contributed by atoms with Gasteiger partial charge in [-0.25, -0.2) is 4.98 Å². The fourth-order valence-corrected chi connectivity index (χ4v) is 2.30. The molecule has 5 heteroatoms. The van der Waals surface area contributed by atoms with Crippen LogP contribution in [0.25, 0.3) is 0 Å². The summed E-state index contributed by atoms with van der Waals surface area (Å²) >= 11 is 0. The van der Waals surface area contributed by atoms with Gasteiger partial charge in [0.25, 0.3) is 5.56 Å². The van der Waals surface area contributed by atoms with Crippen LogP contribution in [-0.4, -0.2) is 22.7 Å². The van der Waals surface area contributed by atoms with Crippen molar-refractivity contribution in [2.75, 3.05) is 7.11 Å². The van der Waals surface area contributed by atoms with Gasteiger partial charge in [0.15, 0.2) is 0 Å². The maximum absolute atomic E-state index is 11.8. The molecule has 1 aliphatic carbocycles. The Morgan fingerprint density at radius 3 is 2.95 bits per heavy atom. The van der Waals surface area contributed by atoms with Gasteiger partial charge >= 0.3 is 0 Å². The number of methoxy groups -OCH3 is 1. The summed E-state index contributed by atoms with van der Waals surface area (Å²) in [5, 5.41) is 3.49. The summed E-state index contributed by atoms with van der Waals surface area (Å²) in [4.78, 5) is 15.8. The Morgan fingerprint density at radius 1 is 1.38 bits per heavy atom. The molecule has 0 bridgehead atoms. The van der Waals surface area contributed by atoms with Crippen molar-refractivity contribution >= 4 is 0 Å². The summed E-state index contributed by atoms with van der Waals surface area (Å²) in [6.45, 7) is 1.32. The molecular formula is C16H19N3O2. The van der Waals surface area contributed by atoms with Gasteiger partial charge in [-0.1, -0.05) is 6.07 Å². The van der Waals surface area contributed by atoms with Crippen molar-refractivity contribution in [1.29, 1.82) is 0 Å². The van der Waals surface area contributed by atoms with E-state index in [0.717, 1.165) is 17.9 Å². The molecule has 0 unspecified atom stereocenters. The molecule has 110 valence electrons. The van der Waals surface area contributed by atoms with Crippen molar-refractivity contribution < 1.29 is 4.74 Å². The number of benzene rings is 1. The third-order valence-electron chi connectivity index (χ3n) is 3.65. The van der Waals surface area contributed by atoms with Gasteiger partial charge in [-0.05, 0) is 30.5 Å². The first-order chi connectivity index (χ1) is 10.3. The van der Waals surface area contributed by atoms with Crippen LogP contribution in [0.5, 0.6) is 5.75 Å². The highest BCUT2D eigenvalue weighted by Gasteiger charge is 2.20. The van der Waals surface area contributed by atoms with E-state index in [1.807, 2.05) is 6.07 Å². The van der Waals surface area contributed by atoms with E-state index in [1.54, 1.807) is 18.0 Å². The summed E-state index contributed by atoms with van der Waals surface area (Å²) in [7, 11) is 1.65. The number of hydrogen-bond acceptors (Lipinski definition) is 4. The minimum absolute atomic E-state index is 0.0615. The molecule has 0 amide bonds. The Balaban J connectivity index is 1.82. The summed E-state index contributed by atoms with van der Waals surface area (Å²) in [5.41, 5.74) is 2.13. The lowest BCUT2D eigenvalue weighted by atomic mass is 10.1. The highest BCUT2D eigenvalue weighted by atomic mass is 16.5. The van der Waals surface area contributed by atoms with Crippen LogP contribution in [0, 0.1) is 0 Å². The van der Waals surface area contributed by atoms with Gasteiger partial charge in [-0.15, -0.1) is 0 Å². The molecule has 1 heterocycles. The Bertz CT molecular complexity index is 677. The summed E-state index contributed by atoms with van der Waals surface area (Å²) in [6, 6.07) is 8.25. The normalized spacial score (nSPS) is 14.1. The van der Waals surface area contributed by atoms with Crippen molar-refractivity contribution in [1.82, 2.24) is 14.9 Å². The van der Waals surface area contributed by atoms with E-state index in [9.17, 15) is 4.79 Å². The van der Waals surface area contributed by atoms with Crippen LogP contribution >= 0.6 is 0 Å². The first-order valence-corrected chi connectivity index (χ1v) is 7.16. The molecule has 1 aromatic heterocycles. The quantitative estimate of drug-likeness (QED) is 0.875. The molecule has 0 radical (unpaired) electrons. The Hall–Kier alpha value is -2.14. The van der Waals surface area contributed by atoms with Crippen LogP contribution in [0.15, 0.2) is 41.6 Å². The van der Waals surface area contributed by atoms with Crippen molar-refractivity contribution in [3.63, 3.8) is 0 Å². The Morgan fingerprint density at radius 2 is 2.24 bits per heavy atom. The number of ether oxygens (including phenoxy) is 1. The molecule has 0 atom stereocenters. The second-order valence-electron chi connectivity index (χ2n) is 5.35. The van der Waals surface area contributed by atoms with E-state index >= 15 is 0 Å². The van der Waals surface area contributed by atoms with E-state index < -0.39 is 0 Å². The zero-order valence-electron chi connectivity index (χ0n) is 12.1. The van der Waals surface area contributed by atoms with Gasteiger partial charge < -0.3 is 10.1 Å². The lowest BCUT2D eigenvalue weighted by Gasteiger charge is -2.12. The first kappa shape index (κ1) is 13.8. The molecule has 0 aliphatic heterocycles. The van der Waals surface area contributed by atoms with Crippen LogP contribution in [0.2, 0.25) is 0 Å². The molecule has 21 heavy (non-hydrogen) atoms. The zero-order chi connectivity index (χ0) is 14.7. The average molecular weight is 285 g/mol. The van der Waals surface area contributed by atoms with Gasteiger partial charge in [-0.3, -0.25) is 9.36 Å². The number of nitrogens with one attached hydrogen (secondary N) is 1. The predicted octanol–water partition coefficient (Wildman–Crippen LogP) is 1.55. The van der Waals surface area contributed by atoms with Crippen LogP contribution in [0.1, 0.15) is 24.0 Å². The SMILES string of the molecule is COc1ccc(CNC2CC2)cc1Cn1cnccc1=O. The zero-order valence-corrected chi connectivity index (χ0v) is 12.1. The van der Waals surface area contributed by atoms with E-state index in [4.69, 9.17) is 4.74 Å². The molecule has 0 saturated heterocycles. The largest absolute Gasteiger partial charge is 0.496 e. The smallest absolute Gasteiger partial charge is 0.253 e. The van der Waals surface area contributed by atoms with E-state index in [1.165, 1.54) is 30.7 Å². The molecule has 1 N–H and O–H groups in total. The summed E-state index contributed by atoms with van der Waals surface area (Å²) in [5.74, 6) is 0.793. The third kappa shape index (κ3) is 3.49. The minimum Gasteiger partial charge on any atom is -0.496 e. The van der Waals surface area contributed by atoms with Gasteiger partial charge in [0, 0.05) is 30.4 Å². The van der Waals surface area contributed by atoms with Crippen LogP contribution in [0.4, 0.5) is 0 Å². The van der Waals surface area contributed by atoms with Crippen molar-refractivity contribution in [2.24, 2.45) is 0 Å². The highest BCUT2D eigenvalue weighted by Crippen LogP contribution is 2.22. The number of hydrogen-bond donors (Lipinski definition) is 1. The second-order valence-corrected chi connectivity index (χ2v) is 5.35. The number of aromatic nitrogens is 2. The molecule has 0 spiro atoms. The van der Waals surface area contributed by atoms with Crippen molar-refractivity contribution in [3.8, 4) is 5.75 Å². The Kier molecular flexibility index (Phi) is 4.01. The number of rotatable bonds is 6. The van der Waals surface area contributed by atoms with Crippen LogP contribution in [0.3, 0.4) is 0 Å². The van der Waals surface area contributed by atoms with Gasteiger partial charge in [0.1, 0.15) is 5.75 Å². The van der Waals surface area contributed by atoms with Crippen LogP contribution < -0.4 is 15.6 Å². The Labute approximate surface area is 123 Å². The molecule has 1 saturated carbocycles. The van der Waals surface area contributed by atoms with Crippen molar-refractivity contribution in [3.05, 3.63) is 58.3 Å². The monoisotopic (exact) mass is 285 g/mol. The fourth-order valence-electron chi connectivity index (χ4n) is 2.30. The molecule has 1 fully saturated rings. The third-order valence-corrected chi connectivity index (χ3v) is 3.65. The van der Waals surface area contributed by atoms with Crippen LogP contribution in [-0.2, 0) is 13.1 Å². The van der Waals surface area contributed by atoms with Gasteiger partial charge in [0.05, 0.1) is 20.0 Å². The van der Waals surface area contributed by atoms with Crippen molar-refractivity contribution in [2.45, 2.75) is 32.0 Å². The lowest BCUT2D eigenvalue weighted by molar-refractivity contribution is 0.407. The molecule has 1 aliphatic rings. The summed E-state index contributed by atoms with van der Waals surface area (Å²) < 4.78 is 6.97. The molecule has 2 aromatic rings. The fraction of sp³-hybridized carbons (Fsp3) is 0.375. The minimum atomic E-state index is -0.0615. The van der Waals surface area contributed by atoms with E-state index in [0.29, 0.717) is 12.6 Å². The standard InChI is InChI=1S/C16H19N3O2/c1-21-15-5-2-12(9-18-14-3-4-14)8-13(15)10-19-11-17-7-6-16(19)20/h2,5-8,11,14,18H,3-4,9-10H2,1H3. The topological polar surface area (TPSA) is 56.1 Å². The van der Waals surface area contributed by atoms with E-state index in [-0.39, 0.29) is 5.56 Å². The first-order valence-electron chi connectivity index (χ1n) is 7.16. The van der Waals surface area contributed by atoms with Gasteiger partial charge in [0.2, 0.25) is 0 Å². The molecule has 5 nitrogen and oxygen atoms in total. The second kappa shape index (κ2) is 6.10. The number of nitrogens with zero attached hydrogens (tertiary/aromatic N) is 2. The van der Waals surface area contributed by atoms with E-state index in [2.05, 4.69) is 22.4 Å². The molecular weight excluding hydrogens is 266 g/mol. The molecule has 3 rings (SSSR count). The van der Waals surface area contributed by atoms with Gasteiger partial charge in [-0.2, -0.15) is 0 Å². The predicted molar refractivity (Wildman–Crippen MR) is 80.5 cm³/mol. The maximum Gasteiger partial charge on any atom is 0.253 e. The summed E-state index contributed by atoms with van der Waals surface area (Å²) in [6.07, 6.45) is 5.60.